The summed E-state index contributed by atoms with van der Waals surface area (Å²) >= 11 is 0. The van der Waals surface area contributed by atoms with Crippen LogP contribution in [0.1, 0.15) is 27.7 Å². The largest absolute Gasteiger partial charge is 1.00 e. The molecule has 0 aromatic carbocycles. The van der Waals surface area contributed by atoms with Gasteiger partial charge in [0.05, 0.1) is 0 Å². The summed E-state index contributed by atoms with van der Waals surface area (Å²) in [6.45, 7) is 11.7. The van der Waals surface area contributed by atoms with Crippen molar-refractivity contribution >= 4 is 0 Å². The van der Waals surface area contributed by atoms with E-state index in [4.69, 9.17) is 10.2 Å². The summed E-state index contributed by atoms with van der Waals surface area (Å²) < 4.78 is 0. The molecule has 13 heavy (non-hydrogen) atoms. The Kier molecular flexibility index (Phi) is 54.5. The molecule has 0 amide bonds. The molecule has 0 radical (unpaired) electrons. The van der Waals surface area contributed by atoms with Crippen molar-refractivity contribution < 1.29 is 79.1 Å². The Labute approximate surface area is 142 Å². The maximum Gasteiger partial charge on any atom is 1.00 e. The molecule has 0 saturated heterocycles. The van der Waals surface area contributed by atoms with E-state index in [2.05, 4.69) is 25.7 Å². The summed E-state index contributed by atoms with van der Waals surface area (Å²) in [5.41, 5.74) is 0. The van der Waals surface area contributed by atoms with Gasteiger partial charge in [-0.15, -0.1) is 6.61 Å². The second-order valence-corrected chi connectivity index (χ2v) is 1.91. The molecule has 0 spiro atoms. The van der Waals surface area contributed by atoms with E-state index in [1.807, 2.05) is 0 Å². The molecule has 4 heteroatoms. The van der Waals surface area contributed by atoms with E-state index in [9.17, 15) is 0 Å². The number of hydrogen-bond acceptors (Lipinski definition) is 3. The van der Waals surface area contributed by atoms with Gasteiger partial charge >= 0.3 is 68.9 Å². The van der Waals surface area contributed by atoms with Gasteiger partial charge in [-0.05, 0) is 19.6 Å². The van der Waals surface area contributed by atoms with Crippen molar-refractivity contribution in [3.8, 4) is 0 Å². The molecular formula is C9H24CsNO2. The average Bonchev–Trinajstić information content (AvgIpc) is 2.12. The summed E-state index contributed by atoms with van der Waals surface area (Å²) in [6, 6.07) is 0. The van der Waals surface area contributed by atoms with Gasteiger partial charge in [-0.3, -0.25) is 0 Å². The van der Waals surface area contributed by atoms with E-state index in [-0.39, 0.29) is 75.5 Å². The normalized spacial score (nSPS) is 7.38. The van der Waals surface area contributed by atoms with Crippen LogP contribution in [-0.2, 0) is 0 Å². The third kappa shape index (κ3) is 31.5. The molecule has 1 N–H and O–H groups in total. The number of nitrogens with zero attached hydrogens (tertiary/aromatic N) is 1. The van der Waals surface area contributed by atoms with Crippen LogP contribution in [0.15, 0.2) is 0 Å². The van der Waals surface area contributed by atoms with Crippen molar-refractivity contribution in [2.75, 3.05) is 33.4 Å². The van der Waals surface area contributed by atoms with Crippen molar-refractivity contribution in [1.82, 2.24) is 4.90 Å². The second-order valence-electron chi connectivity index (χ2n) is 1.91. The third-order valence-corrected chi connectivity index (χ3v) is 1.34. The smallest absolute Gasteiger partial charge is 0.855 e. The van der Waals surface area contributed by atoms with E-state index in [1.54, 1.807) is 6.92 Å². The molecule has 78 valence electrons. The minimum Gasteiger partial charge on any atom is -0.855 e. The number of aliphatic hydroxyl groups excluding tert-OH is 1. The zero-order valence-corrected chi connectivity index (χ0v) is 16.4. The zero-order chi connectivity index (χ0) is 10.4. The monoisotopic (exact) mass is 311 g/mol. The Morgan fingerprint density at radius 2 is 1.08 bits per heavy atom. The second kappa shape index (κ2) is 29.2. The predicted molar refractivity (Wildman–Crippen MR) is 52.1 cm³/mol. The van der Waals surface area contributed by atoms with Gasteiger partial charge in [-0.25, -0.2) is 0 Å². The maximum absolute atomic E-state index is 8.93. The maximum atomic E-state index is 8.93. The molecule has 0 saturated carbocycles. The molecule has 0 bridgehead atoms. The van der Waals surface area contributed by atoms with Crippen LogP contribution in [0.4, 0.5) is 0 Å². The van der Waals surface area contributed by atoms with Crippen LogP contribution in [-0.4, -0.2) is 43.4 Å². The predicted octanol–water partition coefficient (Wildman–Crippen LogP) is -2.67. The Bertz CT molecular complexity index is 47.4. The Morgan fingerprint density at radius 3 is 1.08 bits per heavy atom. The van der Waals surface area contributed by atoms with Gasteiger partial charge in [0.2, 0.25) is 0 Å². The van der Waals surface area contributed by atoms with Crippen LogP contribution in [0.2, 0.25) is 0 Å². The van der Waals surface area contributed by atoms with Crippen molar-refractivity contribution in [2.24, 2.45) is 0 Å². The van der Waals surface area contributed by atoms with Gasteiger partial charge in [0, 0.05) is 7.11 Å². The molecule has 0 rings (SSSR count). The topological polar surface area (TPSA) is 46.5 Å². The van der Waals surface area contributed by atoms with E-state index in [0.29, 0.717) is 0 Å². The quantitative estimate of drug-likeness (QED) is 0.618. The SMILES string of the molecule is CCN(CC)CC.CC[O-].CO.[Cs+]. The molecular weight excluding hydrogens is 287 g/mol. The molecule has 0 aliphatic heterocycles. The van der Waals surface area contributed by atoms with Gasteiger partial charge in [0.1, 0.15) is 0 Å². The molecule has 0 unspecified atom stereocenters. The first kappa shape index (κ1) is 24.3. The van der Waals surface area contributed by atoms with E-state index < -0.39 is 0 Å². The minimum absolute atomic E-state index is 0. The Balaban J connectivity index is -0.0000000581. The van der Waals surface area contributed by atoms with Gasteiger partial charge < -0.3 is 15.1 Å². The first-order valence-corrected chi connectivity index (χ1v) is 4.51. The summed E-state index contributed by atoms with van der Waals surface area (Å²) in [4.78, 5) is 2.38. The number of aliphatic hydroxyl groups is 1. The molecule has 0 aliphatic rings. The van der Waals surface area contributed by atoms with Crippen LogP contribution in [0.5, 0.6) is 0 Å². The molecule has 0 heterocycles. The van der Waals surface area contributed by atoms with Crippen molar-refractivity contribution in [2.45, 2.75) is 27.7 Å². The Morgan fingerprint density at radius 1 is 0.923 bits per heavy atom. The number of hydrogen-bond donors (Lipinski definition) is 1. The van der Waals surface area contributed by atoms with Gasteiger partial charge in [-0.2, -0.15) is 0 Å². The molecule has 0 atom stereocenters. The average molecular weight is 311 g/mol. The fourth-order valence-electron chi connectivity index (χ4n) is 0.671. The third-order valence-electron chi connectivity index (χ3n) is 1.34. The molecule has 0 fully saturated rings. The van der Waals surface area contributed by atoms with Crippen LogP contribution in [0, 0.1) is 0 Å². The van der Waals surface area contributed by atoms with Crippen LogP contribution >= 0.6 is 0 Å². The fraction of sp³-hybridized carbons (Fsp3) is 1.00. The van der Waals surface area contributed by atoms with Crippen molar-refractivity contribution in [1.29, 1.82) is 0 Å². The minimum atomic E-state index is 0. The van der Waals surface area contributed by atoms with Crippen molar-refractivity contribution in [3.63, 3.8) is 0 Å². The van der Waals surface area contributed by atoms with Crippen LogP contribution < -0.4 is 74.0 Å². The van der Waals surface area contributed by atoms with Crippen LogP contribution in [0.3, 0.4) is 0 Å². The van der Waals surface area contributed by atoms with Gasteiger partial charge in [-0.1, -0.05) is 27.7 Å². The van der Waals surface area contributed by atoms with E-state index in [0.717, 1.165) is 7.11 Å². The van der Waals surface area contributed by atoms with Gasteiger partial charge in [0.25, 0.3) is 0 Å². The summed E-state index contributed by atoms with van der Waals surface area (Å²) in [5, 5.41) is 15.9. The van der Waals surface area contributed by atoms with Gasteiger partial charge in [0.15, 0.2) is 0 Å². The Hall–Kier alpha value is 1.93. The molecule has 0 aliphatic carbocycles. The summed E-state index contributed by atoms with van der Waals surface area (Å²) in [6.07, 6.45) is 0. The zero-order valence-electron chi connectivity index (χ0n) is 10.1. The number of rotatable bonds is 3. The molecule has 0 aromatic heterocycles. The first-order chi connectivity index (χ1) is 5.76. The molecule has 3 nitrogen and oxygen atoms in total. The van der Waals surface area contributed by atoms with E-state index in [1.165, 1.54) is 19.6 Å². The van der Waals surface area contributed by atoms with Crippen LogP contribution in [0.25, 0.3) is 0 Å². The molecule has 0 aromatic rings. The summed E-state index contributed by atoms with van der Waals surface area (Å²) in [7, 11) is 1.00. The van der Waals surface area contributed by atoms with Crippen molar-refractivity contribution in [3.05, 3.63) is 0 Å². The standard InChI is InChI=1S/C6H15N.C2H5O.CH4O.Cs/c1-4-7(5-2)6-3;1-2-3;1-2;/h4-6H2,1-3H3;2H2,1H3;2H,1H3;/q;-1;;+1. The summed E-state index contributed by atoms with van der Waals surface area (Å²) in [5.74, 6) is 0. The first-order valence-electron chi connectivity index (χ1n) is 4.51. The van der Waals surface area contributed by atoms with E-state index >= 15 is 0 Å². The fourth-order valence-corrected chi connectivity index (χ4v) is 0.671.